The van der Waals surface area contributed by atoms with Crippen molar-refractivity contribution in [3.05, 3.63) is 0 Å². The summed E-state index contributed by atoms with van der Waals surface area (Å²) in [6, 6.07) is 0. The van der Waals surface area contributed by atoms with Crippen molar-refractivity contribution in [3.8, 4) is 0 Å². The molecule has 1 atom stereocenters. The van der Waals surface area contributed by atoms with Gasteiger partial charge in [0.15, 0.2) is 0 Å². The van der Waals surface area contributed by atoms with Crippen LogP contribution in [0.2, 0.25) is 0 Å². The van der Waals surface area contributed by atoms with Gasteiger partial charge in [-0.25, -0.2) is 0 Å². The molecule has 120 valence electrons. The van der Waals surface area contributed by atoms with Crippen molar-refractivity contribution in [1.29, 1.82) is 0 Å². The van der Waals surface area contributed by atoms with E-state index in [9.17, 15) is 0 Å². The van der Waals surface area contributed by atoms with E-state index in [1.165, 1.54) is 78.0 Å². The number of rotatable bonds is 10. The molecule has 1 heterocycles. The Morgan fingerprint density at radius 1 is 0.950 bits per heavy atom. The lowest BCUT2D eigenvalue weighted by Crippen LogP contribution is -2.47. The monoisotopic (exact) mass is 283 g/mol. The van der Waals surface area contributed by atoms with Crippen LogP contribution in [0, 0.1) is 5.41 Å². The van der Waals surface area contributed by atoms with E-state index in [0.717, 1.165) is 0 Å². The van der Waals surface area contributed by atoms with Gasteiger partial charge in [0.1, 0.15) is 0 Å². The molecule has 0 aromatic rings. The fourth-order valence-electron chi connectivity index (χ4n) is 3.46. The molecule has 1 N–H and O–H groups in total. The molecule has 1 unspecified atom stereocenters. The molecule has 0 aromatic heterocycles. The van der Waals surface area contributed by atoms with Crippen LogP contribution in [-0.2, 0) is 0 Å². The molecule has 1 aliphatic heterocycles. The Balaban J connectivity index is 2.37. The van der Waals surface area contributed by atoms with Gasteiger partial charge in [-0.05, 0) is 70.4 Å². The van der Waals surface area contributed by atoms with Crippen LogP contribution in [-0.4, -0.2) is 62.2 Å². The molecule has 1 saturated heterocycles. The molecule has 3 heteroatoms. The predicted octanol–water partition coefficient (Wildman–Crippen LogP) is 2.82. The summed E-state index contributed by atoms with van der Waals surface area (Å²) in [7, 11) is 0. The second-order valence-corrected chi connectivity index (χ2v) is 6.38. The van der Waals surface area contributed by atoms with Crippen LogP contribution in [0.1, 0.15) is 53.4 Å². The van der Waals surface area contributed by atoms with E-state index >= 15 is 0 Å². The van der Waals surface area contributed by atoms with Crippen LogP contribution >= 0.6 is 0 Å². The van der Waals surface area contributed by atoms with Crippen molar-refractivity contribution in [2.45, 2.75) is 53.4 Å². The molecule has 1 aliphatic rings. The lowest BCUT2D eigenvalue weighted by Gasteiger charge is -2.41. The highest BCUT2D eigenvalue weighted by Gasteiger charge is 2.31. The lowest BCUT2D eigenvalue weighted by atomic mass is 9.78. The first-order valence-corrected chi connectivity index (χ1v) is 8.85. The fraction of sp³-hybridized carbons (Fsp3) is 1.00. The minimum Gasteiger partial charge on any atom is -0.316 e. The van der Waals surface area contributed by atoms with E-state index in [-0.39, 0.29) is 0 Å². The normalized spacial score (nSPS) is 23.7. The summed E-state index contributed by atoms with van der Waals surface area (Å²) in [6.45, 7) is 19.0. The summed E-state index contributed by atoms with van der Waals surface area (Å²) in [5, 5.41) is 3.61. The summed E-state index contributed by atoms with van der Waals surface area (Å²) in [6.07, 6.45) is 5.38. The van der Waals surface area contributed by atoms with Crippen LogP contribution in [0.5, 0.6) is 0 Å². The highest BCUT2D eigenvalue weighted by Crippen LogP contribution is 2.31. The zero-order chi connectivity index (χ0) is 14.8. The molecular weight excluding hydrogens is 246 g/mol. The Hall–Kier alpha value is -0.120. The Kier molecular flexibility index (Phi) is 8.74. The van der Waals surface area contributed by atoms with Crippen LogP contribution in [0.3, 0.4) is 0 Å². The minimum absolute atomic E-state index is 0.531. The van der Waals surface area contributed by atoms with E-state index in [0.29, 0.717) is 5.41 Å². The molecule has 1 fully saturated rings. The standard InChI is InChI=1S/C17H37N3/c1-5-17(11-9-12-18-15-17)16-20(8-4)14-10-13-19(6-2)7-3/h18H,5-16H2,1-4H3. The minimum atomic E-state index is 0.531. The van der Waals surface area contributed by atoms with Gasteiger partial charge in [0, 0.05) is 13.1 Å². The molecule has 0 amide bonds. The van der Waals surface area contributed by atoms with Crippen molar-refractivity contribution >= 4 is 0 Å². The van der Waals surface area contributed by atoms with Gasteiger partial charge in [0.25, 0.3) is 0 Å². The van der Waals surface area contributed by atoms with Crippen LogP contribution in [0.15, 0.2) is 0 Å². The highest BCUT2D eigenvalue weighted by atomic mass is 15.1. The topological polar surface area (TPSA) is 18.5 Å². The first-order chi connectivity index (χ1) is 9.69. The number of nitrogens with zero attached hydrogens (tertiary/aromatic N) is 2. The van der Waals surface area contributed by atoms with Gasteiger partial charge in [-0.2, -0.15) is 0 Å². The van der Waals surface area contributed by atoms with Crippen LogP contribution < -0.4 is 5.32 Å². The molecule has 3 nitrogen and oxygen atoms in total. The number of piperidine rings is 1. The molecule has 0 spiro atoms. The van der Waals surface area contributed by atoms with Crippen LogP contribution in [0.25, 0.3) is 0 Å². The van der Waals surface area contributed by atoms with Gasteiger partial charge in [0.05, 0.1) is 0 Å². The summed E-state index contributed by atoms with van der Waals surface area (Å²) in [5.74, 6) is 0. The molecule has 0 aliphatic carbocycles. The fourth-order valence-corrected chi connectivity index (χ4v) is 3.46. The average Bonchev–Trinajstić information content (AvgIpc) is 2.51. The maximum atomic E-state index is 3.61. The van der Waals surface area contributed by atoms with Gasteiger partial charge < -0.3 is 15.1 Å². The Labute approximate surface area is 127 Å². The van der Waals surface area contributed by atoms with E-state index < -0.39 is 0 Å². The third-order valence-corrected chi connectivity index (χ3v) is 5.16. The van der Waals surface area contributed by atoms with Crippen molar-refractivity contribution in [2.24, 2.45) is 5.41 Å². The first kappa shape index (κ1) is 17.9. The maximum absolute atomic E-state index is 3.61. The molecule has 20 heavy (non-hydrogen) atoms. The van der Waals surface area contributed by atoms with Gasteiger partial charge in [0.2, 0.25) is 0 Å². The molecular formula is C17H37N3. The maximum Gasteiger partial charge on any atom is 0.00499 e. The number of hydrogen-bond acceptors (Lipinski definition) is 3. The van der Waals surface area contributed by atoms with Crippen LogP contribution in [0.4, 0.5) is 0 Å². The summed E-state index contributed by atoms with van der Waals surface area (Å²) in [4.78, 5) is 5.21. The van der Waals surface area contributed by atoms with Gasteiger partial charge >= 0.3 is 0 Å². The van der Waals surface area contributed by atoms with E-state index in [4.69, 9.17) is 0 Å². The number of nitrogens with one attached hydrogen (secondary N) is 1. The van der Waals surface area contributed by atoms with Crippen molar-refractivity contribution < 1.29 is 0 Å². The first-order valence-electron chi connectivity index (χ1n) is 8.85. The van der Waals surface area contributed by atoms with Crippen molar-refractivity contribution in [1.82, 2.24) is 15.1 Å². The number of hydrogen-bond donors (Lipinski definition) is 1. The smallest absolute Gasteiger partial charge is 0.00499 e. The van der Waals surface area contributed by atoms with Gasteiger partial charge in [-0.15, -0.1) is 0 Å². The highest BCUT2D eigenvalue weighted by molar-refractivity contribution is 4.87. The molecule has 1 rings (SSSR count). The van der Waals surface area contributed by atoms with E-state index in [1.807, 2.05) is 0 Å². The van der Waals surface area contributed by atoms with E-state index in [1.54, 1.807) is 0 Å². The molecule has 0 saturated carbocycles. The Morgan fingerprint density at radius 3 is 2.10 bits per heavy atom. The lowest BCUT2D eigenvalue weighted by molar-refractivity contribution is 0.111. The van der Waals surface area contributed by atoms with Crippen molar-refractivity contribution in [2.75, 3.05) is 52.4 Å². The Bertz CT molecular complexity index is 232. The zero-order valence-corrected chi connectivity index (χ0v) is 14.4. The zero-order valence-electron chi connectivity index (χ0n) is 14.4. The average molecular weight is 284 g/mol. The third kappa shape index (κ3) is 5.71. The van der Waals surface area contributed by atoms with Crippen molar-refractivity contribution in [3.63, 3.8) is 0 Å². The quantitative estimate of drug-likeness (QED) is 0.665. The molecule has 0 radical (unpaired) electrons. The third-order valence-electron chi connectivity index (χ3n) is 5.16. The Morgan fingerprint density at radius 2 is 1.60 bits per heavy atom. The molecule has 0 bridgehead atoms. The van der Waals surface area contributed by atoms with E-state index in [2.05, 4.69) is 42.8 Å². The summed E-state index contributed by atoms with van der Waals surface area (Å²) < 4.78 is 0. The predicted molar refractivity (Wildman–Crippen MR) is 89.3 cm³/mol. The van der Waals surface area contributed by atoms with Gasteiger partial charge in [-0.1, -0.05) is 27.7 Å². The van der Waals surface area contributed by atoms with Gasteiger partial charge in [-0.3, -0.25) is 0 Å². The second kappa shape index (κ2) is 9.75. The largest absolute Gasteiger partial charge is 0.316 e. The summed E-state index contributed by atoms with van der Waals surface area (Å²) >= 11 is 0. The summed E-state index contributed by atoms with van der Waals surface area (Å²) in [5.41, 5.74) is 0.531. The SMILES string of the molecule is CCN(CC)CCCN(CC)CC1(CC)CCCNC1. The second-order valence-electron chi connectivity index (χ2n) is 6.38. The molecule has 0 aromatic carbocycles.